The average molecular weight is 560 g/mol. The van der Waals surface area contributed by atoms with Crippen molar-refractivity contribution in [2.75, 3.05) is 0 Å². The molecule has 0 saturated heterocycles. The molecule has 2 heteroatoms. The maximum atomic E-state index is 4.01. The second-order valence-electron chi connectivity index (χ2n) is 8.56. The Kier molecular flexibility index (Phi) is 22.5. The van der Waals surface area contributed by atoms with Gasteiger partial charge in [-0.05, 0) is 142 Å². The molecule has 0 aliphatic rings. The van der Waals surface area contributed by atoms with Crippen LogP contribution in [-0.2, 0) is 65.4 Å². The van der Waals surface area contributed by atoms with Gasteiger partial charge in [0.1, 0.15) is 0 Å². The van der Waals surface area contributed by atoms with Crippen LogP contribution in [0.1, 0.15) is 96.9 Å². The van der Waals surface area contributed by atoms with Gasteiger partial charge in [-0.2, -0.15) is 0 Å². The van der Waals surface area contributed by atoms with Crippen LogP contribution in [0.15, 0.2) is 80.0 Å². The van der Waals surface area contributed by atoms with Crippen LogP contribution in [0.5, 0.6) is 0 Å². The van der Waals surface area contributed by atoms with Crippen molar-refractivity contribution in [3.05, 3.63) is 80.0 Å². The van der Waals surface area contributed by atoms with Crippen molar-refractivity contribution < 1.29 is 65.4 Å². The van der Waals surface area contributed by atoms with Gasteiger partial charge < -0.3 is 0 Å². The summed E-state index contributed by atoms with van der Waals surface area (Å²) in [6.07, 6.45) is 0. The third kappa shape index (κ3) is 13.1. The van der Waals surface area contributed by atoms with Crippen LogP contribution in [0.25, 0.3) is 0 Å². The van der Waals surface area contributed by atoms with E-state index >= 15 is 0 Å². The summed E-state index contributed by atoms with van der Waals surface area (Å²) in [5.41, 5.74) is 16.0. The van der Waals surface area contributed by atoms with Crippen LogP contribution in [0, 0.1) is 0 Å². The summed E-state index contributed by atoms with van der Waals surface area (Å²) in [6.45, 7) is 38.0. The predicted molar refractivity (Wildman–Crippen MR) is 133 cm³/mol. The molecule has 0 rings (SSSR count). The molecule has 0 unspecified atom stereocenters. The molecule has 0 N–H and O–H groups in total. The van der Waals surface area contributed by atoms with Crippen LogP contribution in [0.4, 0.5) is 0 Å². The normalized spacial score (nSPS) is 12.3. The minimum absolute atomic E-state index is 0. The first-order chi connectivity index (χ1) is 12.6. The summed E-state index contributed by atoms with van der Waals surface area (Å²) in [5.74, 6) is 0. The zero-order valence-electron chi connectivity index (χ0n) is 22.6. The molecule has 0 aromatic rings. The first-order valence-corrected chi connectivity index (χ1v) is 10.2. The monoisotopic (exact) mass is 560 g/mol. The molecule has 0 spiro atoms. The maximum absolute atomic E-state index is 4.01. The summed E-state index contributed by atoms with van der Waals surface area (Å²) in [7, 11) is 0. The van der Waals surface area contributed by atoms with E-state index in [1.54, 1.807) is 0 Å². The number of hydrogen-bond acceptors (Lipinski definition) is 0. The molecule has 0 bridgehead atoms. The van der Waals surface area contributed by atoms with Gasteiger partial charge in [0, 0.05) is 65.4 Å². The van der Waals surface area contributed by atoms with Crippen LogP contribution in [0.3, 0.4) is 0 Å². The molecule has 0 aromatic heterocycles. The van der Waals surface area contributed by atoms with E-state index in [-0.39, 0.29) is 65.4 Å². The van der Waals surface area contributed by atoms with Gasteiger partial charge in [0.15, 0.2) is 0 Å². The van der Waals surface area contributed by atoms with E-state index in [4.69, 9.17) is 0 Å². The van der Waals surface area contributed by atoms with Crippen molar-refractivity contribution >= 4 is 0 Å². The zero-order valence-corrected chi connectivity index (χ0v) is 28.2. The van der Waals surface area contributed by atoms with Crippen LogP contribution in [0.2, 0.25) is 0 Å². The predicted octanol–water partition coefficient (Wildman–Crippen LogP) is 9.84. The van der Waals surface area contributed by atoms with Gasteiger partial charge in [-0.25, -0.2) is 0 Å². The molecule has 0 nitrogen and oxygen atoms in total. The first-order valence-electron chi connectivity index (χ1n) is 10.2. The van der Waals surface area contributed by atoms with Crippen molar-refractivity contribution in [1.29, 1.82) is 0 Å². The van der Waals surface area contributed by atoms with E-state index in [9.17, 15) is 0 Å². The van der Waals surface area contributed by atoms with Gasteiger partial charge in [-0.1, -0.05) is 35.5 Å². The van der Waals surface area contributed by atoms with Gasteiger partial charge in [-0.15, -0.1) is 0 Å². The molecule has 30 heavy (non-hydrogen) atoms. The molecular weight excluding hydrogens is 514 g/mol. The summed E-state index contributed by atoms with van der Waals surface area (Å²) >= 11 is 0. The Morgan fingerprint density at radius 1 is 0.300 bits per heavy atom. The summed E-state index contributed by atoms with van der Waals surface area (Å²) in [5, 5.41) is 0. The Labute approximate surface area is 240 Å². The van der Waals surface area contributed by atoms with E-state index in [0.717, 1.165) is 11.1 Å². The SMILES string of the molecule is C=C(C)/C(C)=C(C)/C(C)=C(\C)C(C)=C(C)C.C=C(C)/C(C)=C(\C)C(C)=C(C)C.[Y].[Y]. The molecule has 0 heterocycles. The Balaban J connectivity index is -0.000000219. The molecule has 2 radical (unpaired) electrons. The Morgan fingerprint density at radius 2 is 0.467 bits per heavy atom. The molecule has 0 aliphatic carbocycles. The van der Waals surface area contributed by atoms with Gasteiger partial charge in [-0.3, -0.25) is 0 Å². The van der Waals surface area contributed by atoms with Crippen LogP contribution < -0.4 is 0 Å². The molecule has 0 saturated carbocycles. The average Bonchev–Trinajstić information content (AvgIpc) is 2.62. The van der Waals surface area contributed by atoms with Crippen LogP contribution >= 0.6 is 0 Å². The molecule has 0 amide bonds. The smallest absolute Gasteiger partial charge is 0 e. The Bertz CT molecular complexity index is 767. The van der Waals surface area contributed by atoms with Crippen molar-refractivity contribution in [2.45, 2.75) is 96.9 Å². The van der Waals surface area contributed by atoms with Gasteiger partial charge in [0.05, 0.1) is 0 Å². The third-order valence-corrected chi connectivity index (χ3v) is 6.16. The summed E-state index contributed by atoms with van der Waals surface area (Å²) in [4.78, 5) is 0. The van der Waals surface area contributed by atoms with Gasteiger partial charge in [0.2, 0.25) is 0 Å². The largest absolute Gasteiger partial charge is 0.0958 e. The van der Waals surface area contributed by atoms with Gasteiger partial charge >= 0.3 is 0 Å². The topological polar surface area (TPSA) is 0 Å². The number of rotatable bonds is 5. The van der Waals surface area contributed by atoms with Gasteiger partial charge in [0.25, 0.3) is 0 Å². The first kappa shape index (κ1) is 37.7. The quantitative estimate of drug-likeness (QED) is 0.294. The van der Waals surface area contributed by atoms with Crippen molar-refractivity contribution in [2.24, 2.45) is 0 Å². The fourth-order valence-corrected chi connectivity index (χ4v) is 2.52. The van der Waals surface area contributed by atoms with E-state index in [2.05, 4.69) is 110 Å². The third-order valence-electron chi connectivity index (χ3n) is 6.16. The Morgan fingerprint density at radius 3 is 0.667 bits per heavy atom. The maximum Gasteiger partial charge on any atom is 0 e. The minimum atomic E-state index is 0. The van der Waals surface area contributed by atoms with Crippen molar-refractivity contribution in [3.63, 3.8) is 0 Å². The zero-order chi connectivity index (χ0) is 22.9. The standard InChI is InChI=1S/C16H26.C12H20.2Y/c1-10(2)12(5)14(7)16(9)15(8)13(6)11(3)4;1-8(2)10(5)12(7)11(6)9(3)4;;/h1H2,2-9H3;1H2,2-7H3;;/b14-12+,16-15+;12-10+;;. The van der Waals surface area contributed by atoms with Crippen molar-refractivity contribution in [1.82, 2.24) is 0 Å². The fourth-order valence-electron chi connectivity index (χ4n) is 2.52. The molecule has 0 fully saturated rings. The molecule has 164 valence electrons. The molecular formula is C28H46Y2. The van der Waals surface area contributed by atoms with Crippen LogP contribution in [-0.4, -0.2) is 0 Å². The Hall–Kier alpha value is 0.388. The summed E-state index contributed by atoms with van der Waals surface area (Å²) < 4.78 is 0. The van der Waals surface area contributed by atoms with E-state index in [0.29, 0.717) is 0 Å². The van der Waals surface area contributed by atoms with E-state index in [1.165, 1.54) is 55.7 Å². The summed E-state index contributed by atoms with van der Waals surface area (Å²) in [6, 6.07) is 0. The second kappa shape index (κ2) is 17.9. The van der Waals surface area contributed by atoms with E-state index < -0.39 is 0 Å². The van der Waals surface area contributed by atoms with E-state index in [1.807, 2.05) is 0 Å². The fraction of sp³-hybridized carbons (Fsp3) is 0.500. The minimum Gasteiger partial charge on any atom is -0.0958 e. The van der Waals surface area contributed by atoms with Crippen molar-refractivity contribution in [3.8, 4) is 0 Å². The molecule has 0 aliphatic heterocycles. The molecule has 0 atom stereocenters. The molecule has 0 aromatic carbocycles. The second-order valence-corrected chi connectivity index (χ2v) is 8.56. The number of allylic oxidation sites excluding steroid dienone is 12. The number of hydrogen-bond donors (Lipinski definition) is 0.